The molecular formula is C23H18F3N3O. The first-order valence-corrected chi connectivity index (χ1v) is 9.27. The molecular weight excluding hydrogens is 391 g/mol. The van der Waals surface area contributed by atoms with Crippen molar-refractivity contribution in [3.63, 3.8) is 0 Å². The quantitative estimate of drug-likeness (QED) is 0.443. The van der Waals surface area contributed by atoms with Gasteiger partial charge in [0.2, 0.25) is 0 Å². The largest absolute Gasteiger partial charge is 0.506 e. The van der Waals surface area contributed by atoms with Crippen LogP contribution < -0.4 is 5.32 Å². The van der Waals surface area contributed by atoms with Crippen LogP contribution in [0, 0.1) is 6.92 Å². The lowest BCUT2D eigenvalue weighted by molar-refractivity contribution is -0.137. The first-order valence-electron chi connectivity index (χ1n) is 9.27. The molecule has 0 aliphatic rings. The van der Waals surface area contributed by atoms with Gasteiger partial charge in [-0.15, -0.1) is 0 Å². The van der Waals surface area contributed by atoms with Gasteiger partial charge in [0.05, 0.1) is 17.3 Å². The number of phenolic OH excluding ortho intramolecular Hbond substituents is 1. The summed E-state index contributed by atoms with van der Waals surface area (Å²) >= 11 is 0. The first-order chi connectivity index (χ1) is 14.3. The zero-order chi connectivity index (χ0) is 21.3. The van der Waals surface area contributed by atoms with Crippen LogP contribution in [0.3, 0.4) is 0 Å². The van der Waals surface area contributed by atoms with E-state index in [4.69, 9.17) is 0 Å². The summed E-state index contributed by atoms with van der Waals surface area (Å²) in [6.45, 7) is 1.85. The summed E-state index contributed by atoms with van der Waals surface area (Å²) in [6.07, 6.45) is -4.41. The van der Waals surface area contributed by atoms with Gasteiger partial charge >= 0.3 is 6.18 Å². The summed E-state index contributed by atoms with van der Waals surface area (Å²) in [7, 11) is 0. The van der Waals surface area contributed by atoms with Crippen LogP contribution in [0.1, 0.15) is 28.6 Å². The number of hydrogen-bond acceptors (Lipinski definition) is 4. The van der Waals surface area contributed by atoms with E-state index in [1.165, 1.54) is 12.1 Å². The van der Waals surface area contributed by atoms with Crippen molar-refractivity contribution in [2.75, 3.05) is 5.32 Å². The molecule has 4 aromatic rings. The highest BCUT2D eigenvalue weighted by atomic mass is 19.4. The Kier molecular flexibility index (Phi) is 5.03. The van der Waals surface area contributed by atoms with Crippen LogP contribution in [-0.2, 0) is 6.18 Å². The molecule has 0 saturated carbocycles. The Bertz CT molecular complexity index is 1190. The van der Waals surface area contributed by atoms with Crippen LogP contribution in [-0.4, -0.2) is 15.1 Å². The predicted octanol–water partition coefficient (Wildman–Crippen LogP) is 5.86. The summed E-state index contributed by atoms with van der Waals surface area (Å²) in [6, 6.07) is 18.6. The number of hydrogen-bond donors (Lipinski definition) is 2. The maximum atomic E-state index is 13.0. The van der Waals surface area contributed by atoms with E-state index >= 15 is 0 Å². The van der Waals surface area contributed by atoms with Gasteiger partial charge in [-0.25, -0.2) is 9.97 Å². The fraction of sp³-hybridized carbons (Fsp3) is 0.130. The second kappa shape index (κ2) is 7.67. The zero-order valence-corrected chi connectivity index (χ0v) is 16.0. The molecule has 152 valence electrons. The van der Waals surface area contributed by atoms with E-state index in [9.17, 15) is 18.3 Å². The van der Waals surface area contributed by atoms with Crippen LogP contribution in [0.15, 0.2) is 72.8 Å². The zero-order valence-electron chi connectivity index (χ0n) is 16.0. The maximum Gasteiger partial charge on any atom is 0.416 e. The van der Waals surface area contributed by atoms with Crippen molar-refractivity contribution in [2.24, 2.45) is 0 Å². The van der Waals surface area contributed by atoms with Crippen molar-refractivity contribution in [3.05, 3.63) is 95.3 Å². The minimum atomic E-state index is -4.41. The summed E-state index contributed by atoms with van der Waals surface area (Å²) in [4.78, 5) is 9.01. The number of aromatic nitrogens is 2. The summed E-state index contributed by atoms with van der Waals surface area (Å²) in [5.74, 6) is 0.605. The third-order valence-electron chi connectivity index (χ3n) is 4.77. The highest BCUT2D eigenvalue weighted by molar-refractivity contribution is 5.84. The maximum absolute atomic E-state index is 13.0. The Morgan fingerprint density at radius 3 is 2.30 bits per heavy atom. The fourth-order valence-corrected chi connectivity index (χ4v) is 3.27. The number of anilines is 1. The van der Waals surface area contributed by atoms with Crippen LogP contribution in [0.2, 0.25) is 0 Å². The Morgan fingerprint density at radius 2 is 1.60 bits per heavy atom. The summed E-state index contributed by atoms with van der Waals surface area (Å²) in [5, 5.41) is 14.2. The van der Waals surface area contributed by atoms with E-state index in [1.54, 1.807) is 24.3 Å². The van der Waals surface area contributed by atoms with E-state index < -0.39 is 17.8 Å². The Balaban J connectivity index is 1.80. The molecule has 0 aliphatic heterocycles. The molecule has 0 saturated heterocycles. The van der Waals surface area contributed by atoms with Crippen LogP contribution in [0.5, 0.6) is 5.75 Å². The molecule has 4 rings (SSSR count). The summed E-state index contributed by atoms with van der Waals surface area (Å²) < 4.78 is 39.0. The van der Waals surface area contributed by atoms with Crippen LogP contribution >= 0.6 is 0 Å². The van der Waals surface area contributed by atoms with Crippen LogP contribution in [0.25, 0.3) is 10.9 Å². The van der Waals surface area contributed by atoms with Crippen LogP contribution in [0.4, 0.5) is 19.0 Å². The molecule has 7 heteroatoms. The Hall–Kier alpha value is -3.61. The molecule has 1 unspecified atom stereocenters. The minimum absolute atomic E-state index is 0.0363. The monoisotopic (exact) mass is 409 g/mol. The number of rotatable bonds is 4. The number of pyridine rings is 2. The van der Waals surface area contributed by atoms with E-state index in [2.05, 4.69) is 15.3 Å². The molecule has 2 heterocycles. The molecule has 1 atom stereocenters. The van der Waals surface area contributed by atoms with E-state index in [-0.39, 0.29) is 5.75 Å². The topological polar surface area (TPSA) is 58.0 Å². The number of aromatic hydroxyl groups is 1. The number of para-hydroxylation sites is 1. The fourth-order valence-electron chi connectivity index (χ4n) is 3.27. The van der Waals surface area contributed by atoms with Crippen molar-refractivity contribution in [3.8, 4) is 5.75 Å². The van der Waals surface area contributed by atoms with Gasteiger partial charge < -0.3 is 10.4 Å². The van der Waals surface area contributed by atoms with Gasteiger partial charge in [-0.05, 0) is 48.9 Å². The smallest absolute Gasteiger partial charge is 0.416 e. The van der Waals surface area contributed by atoms with Gasteiger partial charge in [0, 0.05) is 11.1 Å². The highest BCUT2D eigenvalue weighted by Gasteiger charge is 2.30. The molecule has 0 fully saturated rings. The lowest BCUT2D eigenvalue weighted by atomic mass is 10.0. The SMILES string of the molecule is Cc1cccc(NC(c2ccc(C(F)(F)F)cc2)c2ccc3cccc(O)c3n2)n1. The molecule has 0 aliphatic carbocycles. The second-order valence-corrected chi connectivity index (χ2v) is 6.95. The molecule has 0 amide bonds. The van der Waals surface area contributed by atoms with Gasteiger partial charge in [-0.3, -0.25) is 0 Å². The van der Waals surface area contributed by atoms with Crippen molar-refractivity contribution in [2.45, 2.75) is 19.1 Å². The van der Waals surface area contributed by atoms with E-state index in [1.807, 2.05) is 31.2 Å². The van der Waals surface area contributed by atoms with Crippen molar-refractivity contribution >= 4 is 16.7 Å². The van der Waals surface area contributed by atoms with Gasteiger partial charge in [0.15, 0.2) is 0 Å². The highest BCUT2D eigenvalue weighted by Crippen LogP contribution is 2.33. The number of nitrogens with one attached hydrogen (secondary N) is 1. The molecule has 0 bridgehead atoms. The molecule has 0 spiro atoms. The number of alkyl halides is 3. The number of phenols is 1. The number of aryl methyl sites for hydroxylation is 1. The molecule has 4 nitrogen and oxygen atoms in total. The van der Waals surface area contributed by atoms with Gasteiger partial charge in [-0.2, -0.15) is 13.2 Å². The second-order valence-electron chi connectivity index (χ2n) is 6.95. The lowest BCUT2D eigenvalue weighted by Crippen LogP contribution is -2.15. The molecule has 0 radical (unpaired) electrons. The number of halogens is 3. The van der Waals surface area contributed by atoms with Gasteiger partial charge in [0.1, 0.15) is 17.1 Å². The Morgan fingerprint density at radius 1 is 0.867 bits per heavy atom. The number of fused-ring (bicyclic) bond motifs is 1. The average Bonchev–Trinajstić information content (AvgIpc) is 2.72. The van der Waals surface area contributed by atoms with Crippen molar-refractivity contribution in [1.29, 1.82) is 0 Å². The Labute approximate surface area is 171 Å². The first kappa shape index (κ1) is 19.7. The number of nitrogens with zero attached hydrogens (tertiary/aromatic N) is 2. The van der Waals surface area contributed by atoms with Gasteiger partial charge in [-0.1, -0.05) is 36.4 Å². The average molecular weight is 409 g/mol. The molecule has 2 aromatic carbocycles. The predicted molar refractivity (Wildman–Crippen MR) is 109 cm³/mol. The molecule has 2 N–H and O–H groups in total. The summed E-state index contributed by atoms with van der Waals surface area (Å²) in [5.41, 5.74) is 1.64. The molecule has 2 aromatic heterocycles. The standard InChI is InChI=1S/C23H18F3N3O/c1-14-4-2-7-20(27-14)29-21(16-8-11-17(12-9-16)23(24,25)26)18-13-10-15-5-3-6-19(30)22(15)28-18/h2-13,21,30H,1H3,(H,27,29). The van der Waals surface area contributed by atoms with E-state index in [0.717, 1.165) is 23.2 Å². The third-order valence-corrected chi connectivity index (χ3v) is 4.77. The normalized spacial score (nSPS) is 12.7. The lowest BCUT2D eigenvalue weighted by Gasteiger charge is -2.21. The van der Waals surface area contributed by atoms with Crippen molar-refractivity contribution < 1.29 is 18.3 Å². The molecule has 30 heavy (non-hydrogen) atoms. The van der Waals surface area contributed by atoms with Gasteiger partial charge in [0.25, 0.3) is 0 Å². The third kappa shape index (κ3) is 4.05. The minimum Gasteiger partial charge on any atom is -0.506 e. The van der Waals surface area contributed by atoms with E-state index in [0.29, 0.717) is 22.6 Å². The number of benzene rings is 2. The van der Waals surface area contributed by atoms with Crippen molar-refractivity contribution in [1.82, 2.24) is 9.97 Å².